The van der Waals surface area contributed by atoms with Gasteiger partial charge in [0.25, 0.3) is 5.91 Å². The fourth-order valence-corrected chi connectivity index (χ4v) is 4.01. The summed E-state index contributed by atoms with van der Waals surface area (Å²) < 4.78 is 15.4. The molecule has 33 heavy (non-hydrogen) atoms. The normalized spacial score (nSPS) is 15.8. The number of nitrogens with zero attached hydrogens (tertiary/aromatic N) is 2. The van der Waals surface area contributed by atoms with Crippen LogP contribution in [0.2, 0.25) is 0 Å². The van der Waals surface area contributed by atoms with Crippen LogP contribution >= 0.6 is 0 Å². The second-order valence-corrected chi connectivity index (χ2v) is 8.75. The van der Waals surface area contributed by atoms with Crippen LogP contribution in [0.3, 0.4) is 0 Å². The predicted octanol–water partition coefficient (Wildman–Crippen LogP) is 4.78. The van der Waals surface area contributed by atoms with Crippen LogP contribution in [0, 0.1) is 18.7 Å². The Morgan fingerprint density at radius 2 is 1.97 bits per heavy atom. The maximum absolute atomic E-state index is 13.4. The molecule has 0 spiro atoms. The van der Waals surface area contributed by atoms with E-state index >= 15 is 0 Å². The molecule has 0 aliphatic carbocycles. The first-order valence-corrected chi connectivity index (χ1v) is 11.0. The Morgan fingerprint density at radius 1 is 1.21 bits per heavy atom. The van der Waals surface area contributed by atoms with Crippen molar-refractivity contribution in [3.8, 4) is 11.3 Å². The fourth-order valence-electron chi connectivity index (χ4n) is 4.01. The number of nitrogens with one attached hydrogen (secondary N) is 2. The molecule has 0 radical (unpaired) electrons. The molecule has 7 heteroatoms. The highest BCUT2D eigenvalue weighted by atomic mass is 19.1. The molecule has 2 amide bonds. The highest BCUT2D eigenvalue weighted by Crippen LogP contribution is 2.32. The molecule has 2 N–H and O–H groups in total. The molecule has 0 fully saturated rings. The van der Waals surface area contributed by atoms with Crippen LogP contribution in [0.4, 0.5) is 10.1 Å². The molecule has 0 saturated carbocycles. The molecule has 1 aliphatic rings. The fraction of sp³-hybridized carbons (Fsp3) is 0.269. The van der Waals surface area contributed by atoms with Gasteiger partial charge in [-0.25, -0.2) is 4.39 Å². The van der Waals surface area contributed by atoms with Crippen LogP contribution in [-0.4, -0.2) is 21.6 Å². The summed E-state index contributed by atoms with van der Waals surface area (Å²) in [5.41, 5.74) is 4.68. The molecule has 2 heterocycles. The van der Waals surface area contributed by atoms with Crippen molar-refractivity contribution in [1.82, 2.24) is 15.1 Å². The zero-order chi connectivity index (χ0) is 23.5. The molecule has 0 saturated heterocycles. The molecular formula is C26H27FN4O2. The van der Waals surface area contributed by atoms with Gasteiger partial charge in [-0.1, -0.05) is 38.1 Å². The summed E-state index contributed by atoms with van der Waals surface area (Å²) in [6.45, 7) is 7.00. The van der Waals surface area contributed by atoms with Gasteiger partial charge in [0.05, 0.1) is 5.69 Å². The molecule has 0 bridgehead atoms. The van der Waals surface area contributed by atoms with E-state index in [4.69, 9.17) is 0 Å². The number of carbonyl (C=O) groups is 2. The molecule has 2 aromatic carbocycles. The standard InChI is InChI=1S/C26H27FN4O2/c1-16(2)15-31-24(10-11-29-31)19-5-4-17(3)23(12-19)30-26(33)22-14-28-25(32)13-21(22)18-6-8-20(27)9-7-18/h4-12,14,16,21H,13,15H2,1-3H3,(H,28,32)(H,30,33). The van der Waals surface area contributed by atoms with E-state index < -0.39 is 5.92 Å². The maximum Gasteiger partial charge on any atom is 0.253 e. The van der Waals surface area contributed by atoms with Crippen LogP contribution in [0.1, 0.15) is 37.3 Å². The second-order valence-electron chi connectivity index (χ2n) is 8.75. The van der Waals surface area contributed by atoms with Gasteiger partial charge in [0.2, 0.25) is 5.91 Å². The molecule has 6 nitrogen and oxygen atoms in total. The third-order valence-electron chi connectivity index (χ3n) is 5.72. The van der Waals surface area contributed by atoms with Gasteiger partial charge >= 0.3 is 0 Å². The lowest BCUT2D eigenvalue weighted by molar-refractivity contribution is -0.121. The van der Waals surface area contributed by atoms with Crippen molar-refractivity contribution >= 4 is 17.5 Å². The van der Waals surface area contributed by atoms with Crippen molar-refractivity contribution in [1.29, 1.82) is 0 Å². The van der Waals surface area contributed by atoms with E-state index in [1.54, 1.807) is 18.3 Å². The van der Waals surface area contributed by atoms with Gasteiger partial charge in [0.15, 0.2) is 0 Å². The van der Waals surface area contributed by atoms with E-state index in [-0.39, 0.29) is 24.1 Å². The number of rotatable bonds is 6. The van der Waals surface area contributed by atoms with Gasteiger partial charge < -0.3 is 10.6 Å². The summed E-state index contributed by atoms with van der Waals surface area (Å²) >= 11 is 0. The van der Waals surface area contributed by atoms with Crippen molar-refractivity contribution in [2.24, 2.45) is 5.92 Å². The lowest BCUT2D eigenvalue weighted by Gasteiger charge is -2.24. The summed E-state index contributed by atoms with van der Waals surface area (Å²) in [5.74, 6) is -0.851. The maximum atomic E-state index is 13.4. The highest BCUT2D eigenvalue weighted by molar-refractivity contribution is 6.07. The van der Waals surface area contributed by atoms with Crippen LogP contribution in [0.25, 0.3) is 11.3 Å². The first kappa shape index (κ1) is 22.5. The van der Waals surface area contributed by atoms with E-state index in [0.29, 0.717) is 17.2 Å². The number of anilines is 1. The van der Waals surface area contributed by atoms with Crippen molar-refractivity contribution < 1.29 is 14.0 Å². The molecule has 3 aromatic rings. The molecule has 1 unspecified atom stereocenters. The third kappa shape index (κ3) is 5.03. The topological polar surface area (TPSA) is 76.0 Å². The molecule has 1 atom stereocenters. The largest absolute Gasteiger partial charge is 0.332 e. The van der Waals surface area contributed by atoms with Gasteiger partial charge in [-0.3, -0.25) is 14.3 Å². The van der Waals surface area contributed by atoms with Crippen LogP contribution in [0.5, 0.6) is 0 Å². The lowest BCUT2D eigenvalue weighted by atomic mass is 9.86. The number of hydrogen-bond donors (Lipinski definition) is 2. The first-order valence-electron chi connectivity index (χ1n) is 11.0. The second kappa shape index (κ2) is 9.40. The number of halogens is 1. The predicted molar refractivity (Wildman–Crippen MR) is 126 cm³/mol. The van der Waals surface area contributed by atoms with Gasteiger partial charge in [-0.15, -0.1) is 0 Å². The Labute approximate surface area is 192 Å². The smallest absolute Gasteiger partial charge is 0.253 e. The molecule has 4 rings (SSSR count). The van der Waals surface area contributed by atoms with E-state index in [2.05, 4.69) is 29.6 Å². The van der Waals surface area contributed by atoms with E-state index in [9.17, 15) is 14.0 Å². The quantitative estimate of drug-likeness (QED) is 0.572. The number of aromatic nitrogens is 2. The first-order chi connectivity index (χ1) is 15.8. The van der Waals surface area contributed by atoms with Crippen LogP contribution in [0.15, 0.2) is 66.5 Å². The van der Waals surface area contributed by atoms with Crippen molar-refractivity contribution in [2.45, 2.75) is 39.7 Å². The molecule has 1 aliphatic heterocycles. The summed E-state index contributed by atoms with van der Waals surface area (Å²) in [6.07, 6.45) is 3.35. The molecular weight excluding hydrogens is 419 g/mol. The average Bonchev–Trinajstić information content (AvgIpc) is 3.23. The minimum absolute atomic E-state index is 0.123. The monoisotopic (exact) mass is 446 g/mol. The molecule has 170 valence electrons. The van der Waals surface area contributed by atoms with E-state index in [1.165, 1.54) is 18.3 Å². The minimum atomic E-state index is -0.449. The Hall–Kier alpha value is -3.74. The number of amides is 2. The van der Waals surface area contributed by atoms with E-state index in [1.807, 2.05) is 35.9 Å². The summed E-state index contributed by atoms with van der Waals surface area (Å²) in [5, 5.41) is 10.1. The number of benzene rings is 2. The summed E-state index contributed by atoms with van der Waals surface area (Å²) in [4.78, 5) is 25.3. The van der Waals surface area contributed by atoms with Crippen LogP contribution in [-0.2, 0) is 16.1 Å². The Balaban J connectivity index is 1.61. The third-order valence-corrected chi connectivity index (χ3v) is 5.72. The Morgan fingerprint density at radius 3 is 2.70 bits per heavy atom. The van der Waals surface area contributed by atoms with Gasteiger partial charge in [0, 0.05) is 48.1 Å². The Bertz CT molecular complexity index is 1210. The number of aryl methyl sites for hydroxylation is 1. The van der Waals surface area contributed by atoms with Gasteiger partial charge in [-0.2, -0.15) is 5.10 Å². The minimum Gasteiger partial charge on any atom is -0.332 e. The highest BCUT2D eigenvalue weighted by Gasteiger charge is 2.29. The zero-order valence-corrected chi connectivity index (χ0v) is 18.9. The SMILES string of the molecule is Cc1ccc(-c2ccnn2CC(C)C)cc1NC(=O)C1=CNC(=O)CC1c1ccc(F)cc1. The van der Waals surface area contributed by atoms with E-state index in [0.717, 1.165) is 28.9 Å². The van der Waals surface area contributed by atoms with Crippen LogP contribution < -0.4 is 10.6 Å². The van der Waals surface area contributed by atoms with Crippen molar-refractivity contribution in [3.63, 3.8) is 0 Å². The lowest BCUT2D eigenvalue weighted by Crippen LogP contribution is -2.32. The zero-order valence-electron chi connectivity index (χ0n) is 18.9. The summed E-state index contributed by atoms with van der Waals surface area (Å²) in [7, 11) is 0. The van der Waals surface area contributed by atoms with Crippen molar-refractivity contribution in [2.75, 3.05) is 5.32 Å². The van der Waals surface area contributed by atoms with Gasteiger partial charge in [0.1, 0.15) is 5.82 Å². The average molecular weight is 447 g/mol. The molecule has 1 aromatic heterocycles. The Kier molecular flexibility index (Phi) is 6.40. The van der Waals surface area contributed by atoms with Crippen molar-refractivity contribution in [3.05, 3.63) is 83.4 Å². The number of hydrogen-bond acceptors (Lipinski definition) is 3. The number of carbonyl (C=O) groups excluding carboxylic acids is 2. The van der Waals surface area contributed by atoms with Gasteiger partial charge in [-0.05, 0) is 48.2 Å². The summed E-state index contributed by atoms with van der Waals surface area (Å²) in [6, 6.07) is 13.8.